The zero-order valence-electron chi connectivity index (χ0n) is 9.79. The Labute approximate surface area is 105 Å². The lowest BCUT2D eigenvalue weighted by Gasteiger charge is -2.12. The Morgan fingerprint density at radius 1 is 1.39 bits per heavy atom. The van der Waals surface area contributed by atoms with Crippen LogP contribution in [-0.2, 0) is 9.84 Å². The molecule has 1 N–H and O–H groups in total. The van der Waals surface area contributed by atoms with E-state index in [1.807, 2.05) is 0 Å². The third kappa shape index (κ3) is 2.70. The summed E-state index contributed by atoms with van der Waals surface area (Å²) >= 11 is 0. The van der Waals surface area contributed by atoms with Crippen LogP contribution in [0, 0.1) is 0 Å². The second kappa shape index (κ2) is 4.81. The van der Waals surface area contributed by atoms with Gasteiger partial charge in [-0.05, 0) is 18.2 Å². The number of para-hydroxylation sites is 1. The number of carbonyl (C=O) groups is 1. The molecule has 18 heavy (non-hydrogen) atoms. The molecule has 0 fully saturated rings. The van der Waals surface area contributed by atoms with Gasteiger partial charge >= 0.3 is 0 Å². The van der Waals surface area contributed by atoms with Crippen LogP contribution >= 0.6 is 0 Å². The second-order valence-corrected chi connectivity index (χ2v) is 5.87. The van der Waals surface area contributed by atoms with Gasteiger partial charge in [0.1, 0.15) is 5.75 Å². The Morgan fingerprint density at radius 3 is 2.72 bits per heavy atom. The van der Waals surface area contributed by atoms with E-state index in [9.17, 15) is 13.2 Å². The molecule has 0 unspecified atom stereocenters. The number of carbonyl (C=O) groups excluding carboxylic acids is 1. The molecule has 1 aliphatic rings. The monoisotopic (exact) mass is 267 g/mol. The largest absolute Gasteiger partial charge is 0.496 e. The number of sulfone groups is 1. The van der Waals surface area contributed by atoms with Crippen molar-refractivity contribution in [3.63, 3.8) is 0 Å². The summed E-state index contributed by atoms with van der Waals surface area (Å²) in [6.45, 7) is 0. The highest BCUT2D eigenvalue weighted by atomic mass is 32.2. The molecule has 0 spiro atoms. The molecule has 0 saturated heterocycles. The van der Waals surface area contributed by atoms with Crippen molar-refractivity contribution in [3.05, 3.63) is 41.3 Å². The third-order valence-corrected chi connectivity index (χ3v) is 3.99. The number of nitrogens with one attached hydrogen (secondary N) is 1. The SMILES string of the molecule is COc1ccccc1C(=O)N[C@@H]1C=CS(=O)(=O)C1. The van der Waals surface area contributed by atoms with Crippen LogP contribution in [0.1, 0.15) is 10.4 Å². The fourth-order valence-corrected chi connectivity index (χ4v) is 2.98. The number of methoxy groups -OCH3 is 1. The van der Waals surface area contributed by atoms with E-state index in [1.54, 1.807) is 24.3 Å². The Hall–Kier alpha value is -1.82. The van der Waals surface area contributed by atoms with E-state index >= 15 is 0 Å². The maximum atomic E-state index is 12.0. The Morgan fingerprint density at radius 2 is 2.11 bits per heavy atom. The minimum Gasteiger partial charge on any atom is -0.496 e. The van der Waals surface area contributed by atoms with Gasteiger partial charge in [0, 0.05) is 5.41 Å². The van der Waals surface area contributed by atoms with Crippen LogP contribution in [0.25, 0.3) is 0 Å². The van der Waals surface area contributed by atoms with Gasteiger partial charge in [0.15, 0.2) is 9.84 Å². The molecular formula is C12H13NO4S. The summed E-state index contributed by atoms with van der Waals surface area (Å²) in [4.78, 5) is 12.0. The molecule has 0 bridgehead atoms. The molecule has 0 aromatic heterocycles. The molecule has 0 aliphatic carbocycles. The quantitative estimate of drug-likeness (QED) is 0.876. The average molecular weight is 267 g/mol. The normalized spacial score (nSPS) is 20.6. The summed E-state index contributed by atoms with van der Waals surface area (Å²) in [5.74, 6) is 0.0208. The van der Waals surface area contributed by atoms with Gasteiger partial charge in [0.25, 0.3) is 5.91 Å². The smallest absolute Gasteiger partial charge is 0.255 e. The van der Waals surface area contributed by atoms with Gasteiger partial charge in [-0.3, -0.25) is 4.79 Å². The molecule has 6 heteroatoms. The summed E-state index contributed by atoms with van der Waals surface area (Å²) in [7, 11) is -1.69. The maximum Gasteiger partial charge on any atom is 0.255 e. The minimum absolute atomic E-state index is 0.0894. The molecule has 1 aromatic rings. The molecule has 1 aliphatic heterocycles. The van der Waals surface area contributed by atoms with Crippen molar-refractivity contribution in [3.8, 4) is 5.75 Å². The van der Waals surface area contributed by atoms with Crippen molar-refractivity contribution in [1.82, 2.24) is 5.32 Å². The Kier molecular flexibility index (Phi) is 3.38. The maximum absolute atomic E-state index is 12.0. The van der Waals surface area contributed by atoms with E-state index in [1.165, 1.54) is 13.2 Å². The van der Waals surface area contributed by atoms with Gasteiger partial charge in [-0.1, -0.05) is 12.1 Å². The second-order valence-electron chi connectivity index (χ2n) is 3.94. The molecule has 1 aromatic carbocycles. The number of hydrogen-bond acceptors (Lipinski definition) is 4. The first-order valence-corrected chi connectivity index (χ1v) is 7.08. The number of hydrogen-bond donors (Lipinski definition) is 1. The Bertz CT molecular complexity index is 592. The lowest BCUT2D eigenvalue weighted by molar-refractivity contribution is 0.0944. The number of benzene rings is 1. The highest BCUT2D eigenvalue weighted by Crippen LogP contribution is 2.18. The van der Waals surface area contributed by atoms with E-state index in [0.717, 1.165) is 5.41 Å². The van der Waals surface area contributed by atoms with E-state index in [-0.39, 0.29) is 11.7 Å². The van der Waals surface area contributed by atoms with Gasteiger partial charge in [-0.15, -0.1) is 0 Å². The molecule has 1 atom stereocenters. The van der Waals surface area contributed by atoms with Crippen LogP contribution in [0.3, 0.4) is 0 Å². The van der Waals surface area contributed by atoms with E-state index in [0.29, 0.717) is 11.3 Å². The lowest BCUT2D eigenvalue weighted by atomic mass is 10.1. The van der Waals surface area contributed by atoms with Crippen LogP contribution < -0.4 is 10.1 Å². The van der Waals surface area contributed by atoms with Crippen LogP contribution in [0.15, 0.2) is 35.7 Å². The summed E-state index contributed by atoms with van der Waals surface area (Å²) < 4.78 is 27.5. The van der Waals surface area contributed by atoms with Crippen molar-refractivity contribution in [2.75, 3.05) is 12.9 Å². The number of rotatable bonds is 3. The fourth-order valence-electron chi connectivity index (χ4n) is 1.74. The Balaban J connectivity index is 2.12. The highest BCUT2D eigenvalue weighted by Gasteiger charge is 2.24. The molecule has 96 valence electrons. The minimum atomic E-state index is -3.17. The van der Waals surface area contributed by atoms with Crippen LogP contribution in [0.4, 0.5) is 0 Å². The molecule has 1 heterocycles. The fraction of sp³-hybridized carbons (Fsp3) is 0.250. The number of amides is 1. The van der Waals surface area contributed by atoms with Crippen LogP contribution in [-0.4, -0.2) is 33.2 Å². The summed E-state index contributed by atoms with van der Waals surface area (Å²) in [5.41, 5.74) is 0.387. The number of ether oxygens (including phenoxy) is 1. The zero-order chi connectivity index (χ0) is 13.2. The lowest BCUT2D eigenvalue weighted by Crippen LogP contribution is -2.35. The first-order valence-electron chi connectivity index (χ1n) is 5.37. The third-order valence-electron chi connectivity index (χ3n) is 2.60. The molecule has 5 nitrogen and oxygen atoms in total. The summed E-state index contributed by atoms with van der Waals surface area (Å²) in [5, 5.41) is 3.77. The molecular weight excluding hydrogens is 254 g/mol. The summed E-state index contributed by atoms with van der Waals surface area (Å²) in [6, 6.07) is 6.30. The average Bonchev–Trinajstić information content (AvgIpc) is 2.68. The zero-order valence-corrected chi connectivity index (χ0v) is 10.6. The molecule has 0 radical (unpaired) electrons. The van der Waals surface area contributed by atoms with Crippen molar-refractivity contribution < 1.29 is 17.9 Å². The van der Waals surface area contributed by atoms with Crippen molar-refractivity contribution >= 4 is 15.7 Å². The van der Waals surface area contributed by atoms with Crippen molar-refractivity contribution in [2.24, 2.45) is 0 Å². The van der Waals surface area contributed by atoms with Crippen molar-refractivity contribution in [2.45, 2.75) is 6.04 Å². The van der Waals surface area contributed by atoms with E-state index in [2.05, 4.69) is 5.32 Å². The van der Waals surface area contributed by atoms with Gasteiger partial charge in [0.2, 0.25) is 0 Å². The van der Waals surface area contributed by atoms with E-state index in [4.69, 9.17) is 4.74 Å². The predicted molar refractivity (Wildman–Crippen MR) is 67.2 cm³/mol. The first-order chi connectivity index (χ1) is 8.52. The molecule has 2 rings (SSSR count). The topological polar surface area (TPSA) is 72.5 Å². The molecule has 1 amide bonds. The van der Waals surface area contributed by atoms with Gasteiger partial charge in [-0.2, -0.15) is 0 Å². The standard InChI is InChI=1S/C12H13NO4S/c1-17-11-5-3-2-4-10(11)12(14)13-9-6-7-18(15,16)8-9/h2-7,9H,8H2,1H3,(H,13,14)/t9-/m1/s1. The highest BCUT2D eigenvalue weighted by molar-refractivity contribution is 7.94. The van der Waals surface area contributed by atoms with Gasteiger partial charge in [-0.25, -0.2) is 8.42 Å². The van der Waals surface area contributed by atoms with Gasteiger partial charge < -0.3 is 10.1 Å². The van der Waals surface area contributed by atoms with Gasteiger partial charge in [0.05, 0.1) is 24.5 Å². The first kappa shape index (κ1) is 12.6. The molecule has 0 saturated carbocycles. The van der Waals surface area contributed by atoms with Crippen LogP contribution in [0.5, 0.6) is 5.75 Å². The predicted octanol–water partition coefficient (Wildman–Crippen LogP) is 0.736. The summed E-state index contributed by atoms with van der Waals surface area (Å²) in [6.07, 6.45) is 1.47. The van der Waals surface area contributed by atoms with E-state index < -0.39 is 15.9 Å². The van der Waals surface area contributed by atoms with Crippen LogP contribution in [0.2, 0.25) is 0 Å². The van der Waals surface area contributed by atoms with Crippen molar-refractivity contribution in [1.29, 1.82) is 0 Å².